The van der Waals surface area contributed by atoms with Gasteiger partial charge in [-0.25, -0.2) is 10.3 Å². The standard InChI is InChI=1S/C13H29N5O2S/c1-10(19)11(6-2-4-8-14)16-13(20)12(17-18-21)7-3-5-9-15/h11-12,17-18,21H,2-9,14-15H2,1H3,(H,16,20). The molecule has 7 nitrogen and oxygen atoms in total. The molecular weight excluding hydrogens is 290 g/mol. The molecule has 8 heteroatoms. The number of ketones is 1. The van der Waals surface area contributed by atoms with Gasteiger partial charge in [-0.05, 0) is 52.1 Å². The molecule has 0 aliphatic heterocycles. The van der Waals surface area contributed by atoms with Gasteiger partial charge in [0, 0.05) is 0 Å². The van der Waals surface area contributed by atoms with Crippen LogP contribution in [-0.4, -0.2) is 36.9 Å². The summed E-state index contributed by atoms with van der Waals surface area (Å²) in [6.45, 7) is 2.67. The Bertz CT molecular complexity index is 304. The van der Waals surface area contributed by atoms with Crippen LogP contribution in [0.3, 0.4) is 0 Å². The first-order valence-corrected chi connectivity index (χ1v) is 7.87. The Balaban J connectivity index is 4.40. The van der Waals surface area contributed by atoms with Crippen LogP contribution in [0.4, 0.5) is 0 Å². The molecule has 0 fully saturated rings. The van der Waals surface area contributed by atoms with Crippen molar-refractivity contribution in [1.29, 1.82) is 0 Å². The highest BCUT2D eigenvalue weighted by molar-refractivity contribution is 7.78. The highest BCUT2D eigenvalue weighted by atomic mass is 32.1. The van der Waals surface area contributed by atoms with E-state index in [9.17, 15) is 9.59 Å². The normalized spacial score (nSPS) is 13.7. The number of carbonyl (C=O) groups is 2. The van der Waals surface area contributed by atoms with Gasteiger partial charge in [0.1, 0.15) is 6.04 Å². The van der Waals surface area contributed by atoms with Gasteiger partial charge in [0.2, 0.25) is 5.91 Å². The van der Waals surface area contributed by atoms with Crippen LogP contribution in [0.25, 0.3) is 0 Å². The summed E-state index contributed by atoms with van der Waals surface area (Å²) in [4.78, 5) is 26.3. The summed E-state index contributed by atoms with van der Waals surface area (Å²) < 4.78 is 0. The summed E-state index contributed by atoms with van der Waals surface area (Å²) in [5, 5.41) is 2.79. The monoisotopic (exact) mass is 319 g/mol. The molecule has 0 spiro atoms. The molecule has 0 aromatic rings. The molecule has 21 heavy (non-hydrogen) atoms. The van der Waals surface area contributed by atoms with E-state index in [0.717, 1.165) is 25.7 Å². The van der Waals surface area contributed by atoms with Crippen LogP contribution < -0.4 is 27.0 Å². The first-order chi connectivity index (χ1) is 10.1. The summed E-state index contributed by atoms with van der Waals surface area (Å²) in [5.41, 5.74) is 13.7. The lowest BCUT2D eigenvalue weighted by Gasteiger charge is -2.21. The number of hydrogen-bond donors (Lipinski definition) is 6. The largest absolute Gasteiger partial charge is 0.345 e. The van der Waals surface area contributed by atoms with E-state index in [1.54, 1.807) is 0 Å². The van der Waals surface area contributed by atoms with Crippen molar-refractivity contribution >= 4 is 24.5 Å². The van der Waals surface area contributed by atoms with E-state index in [1.807, 2.05) is 0 Å². The SMILES string of the molecule is CC(=O)C(CCCCN)NC(=O)C(CCCCN)NNS. The third kappa shape index (κ3) is 9.81. The van der Waals surface area contributed by atoms with Crippen molar-refractivity contribution < 1.29 is 9.59 Å². The van der Waals surface area contributed by atoms with E-state index in [1.165, 1.54) is 6.92 Å². The number of hydrogen-bond acceptors (Lipinski definition) is 7. The minimum Gasteiger partial charge on any atom is -0.345 e. The zero-order valence-corrected chi connectivity index (χ0v) is 13.6. The molecule has 124 valence electrons. The molecule has 0 aromatic heterocycles. The van der Waals surface area contributed by atoms with Crippen molar-refractivity contribution in [3.8, 4) is 0 Å². The smallest absolute Gasteiger partial charge is 0.239 e. The van der Waals surface area contributed by atoms with Gasteiger partial charge in [-0.1, -0.05) is 19.2 Å². The summed E-state index contributed by atoms with van der Waals surface area (Å²) in [6.07, 6.45) is 4.58. The van der Waals surface area contributed by atoms with Crippen molar-refractivity contribution in [1.82, 2.24) is 15.6 Å². The van der Waals surface area contributed by atoms with E-state index < -0.39 is 12.1 Å². The van der Waals surface area contributed by atoms with Crippen molar-refractivity contribution in [3.05, 3.63) is 0 Å². The average Bonchev–Trinajstić information content (AvgIpc) is 2.45. The topological polar surface area (TPSA) is 122 Å². The van der Waals surface area contributed by atoms with E-state index in [2.05, 4.69) is 28.4 Å². The molecule has 0 bridgehead atoms. The Morgan fingerprint density at radius 3 is 1.95 bits per heavy atom. The van der Waals surface area contributed by atoms with Gasteiger partial charge in [-0.3, -0.25) is 9.59 Å². The molecule has 0 aliphatic carbocycles. The molecule has 0 aliphatic rings. The second-order valence-corrected chi connectivity index (χ2v) is 5.27. The lowest BCUT2D eigenvalue weighted by Crippen LogP contribution is -2.51. The van der Waals surface area contributed by atoms with Crippen molar-refractivity contribution in [2.45, 2.75) is 57.5 Å². The number of amides is 1. The second-order valence-electron chi connectivity index (χ2n) is 5.05. The zero-order valence-electron chi connectivity index (χ0n) is 12.7. The van der Waals surface area contributed by atoms with Crippen LogP contribution in [0.15, 0.2) is 0 Å². The first-order valence-electron chi connectivity index (χ1n) is 7.42. The third-order valence-electron chi connectivity index (χ3n) is 3.26. The van der Waals surface area contributed by atoms with Gasteiger partial charge >= 0.3 is 0 Å². The summed E-state index contributed by atoms with van der Waals surface area (Å²) in [5.74, 6) is -0.249. The number of carbonyl (C=O) groups excluding carboxylic acids is 2. The molecule has 2 atom stereocenters. The molecular formula is C13H29N5O2S. The van der Waals surface area contributed by atoms with Crippen molar-refractivity contribution in [2.24, 2.45) is 11.5 Å². The fourth-order valence-electron chi connectivity index (χ4n) is 1.98. The molecule has 0 rings (SSSR count). The Morgan fingerprint density at radius 2 is 1.52 bits per heavy atom. The number of nitrogens with one attached hydrogen (secondary N) is 3. The fraction of sp³-hybridized carbons (Fsp3) is 0.846. The maximum atomic E-state index is 12.2. The molecule has 0 saturated carbocycles. The van der Waals surface area contributed by atoms with Gasteiger partial charge in [0.05, 0.1) is 6.04 Å². The van der Waals surface area contributed by atoms with Crippen LogP contribution in [-0.2, 0) is 9.59 Å². The molecule has 0 saturated heterocycles. The Labute approximate surface area is 132 Å². The second kappa shape index (κ2) is 13.0. The Kier molecular flexibility index (Phi) is 12.6. The third-order valence-corrected chi connectivity index (χ3v) is 3.39. The lowest BCUT2D eigenvalue weighted by molar-refractivity contribution is -0.128. The maximum absolute atomic E-state index is 12.2. The molecule has 2 unspecified atom stereocenters. The van der Waals surface area contributed by atoms with Crippen LogP contribution in [0, 0.1) is 0 Å². The number of Topliss-reactive ketones (excluding diaryl/α,β-unsaturated/α-hetero) is 1. The highest BCUT2D eigenvalue weighted by Crippen LogP contribution is 2.05. The van der Waals surface area contributed by atoms with Crippen LogP contribution in [0.2, 0.25) is 0 Å². The average molecular weight is 319 g/mol. The minimum absolute atomic E-state index is 0.0417. The quantitative estimate of drug-likeness (QED) is 0.156. The van der Waals surface area contributed by atoms with Crippen molar-refractivity contribution in [3.63, 3.8) is 0 Å². The predicted octanol–water partition coefficient (Wildman–Crippen LogP) is -0.374. The van der Waals surface area contributed by atoms with E-state index >= 15 is 0 Å². The van der Waals surface area contributed by atoms with Crippen LogP contribution >= 0.6 is 12.8 Å². The minimum atomic E-state index is -0.456. The Morgan fingerprint density at radius 1 is 1.00 bits per heavy atom. The zero-order chi connectivity index (χ0) is 16.1. The number of rotatable bonds is 13. The van der Waals surface area contributed by atoms with Crippen LogP contribution in [0.5, 0.6) is 0 Å². The molecule has 7 N–H and O–H groups in total. The summed E-state index contributed by atoms with van der Waals surface area (Å²) in [6, 6.07) is -0.895. The van der Waals surface area contributed by atoms with E-state index in [-0.39, 0.29) is 11.7 Å². The number of nitrogens with two attached hydrogens (primary N) is 2. The van der Waals surface area contributed by atoms with E-state index in [4.69, 9.17) is 11.5 Å². The highest BCUT2D eigenvalue weighted by Gasteiger charge is 2.22. The lowest BCUT2D eigenvalue weighted by atomic mass is 10.0. The van der Waals surface area contributed by atoms with Gasteiger partial charge in [0.25, 0.3) is 0 Å². The number of unbranched alkanes of at least 4 members (excludes halogenated alkanes) is 2. The molecule has 1 amide bonds. The number of thiol groups is 1. The van der Waals surface area contributed by atoms with Gasteiger partial charge in [-0.2, -0.15) is 0 Å². The van der Waals surface area contributed by atoms with Gasteiger partial charge < -0.3 is 16.8 Å². The number of hydrazine groups is 1. The van der Waals surface area contributed by atoms with Gasteiger partial charge in [0.15, 0.2) is 5.78 Å². The van der Waals surface area contributed by atoms with Crippen molar-refractivity contribution in [2.75, 3.05) is 13.1 Å². The molecule has 0 aromatic carbocycles. The summed E-state index contributed by atoms with van der Waals surface area (Å²) in [7, 11) is 0. The summed E-state index contributed by atoms with van der Waals surface area (Å²) >= 11 is 3.85. The predicted molar refractivity (Wildman–Crippen MR) is 87.5 cm³/mol. The van der Waals surface area contributed by atoms with Crippen LogP contribution in [0.1, 0.15) is 45.4 Å². The Hall–Kier alpha value is -0.670. The van der Waals surface area contributed by atoms with E-state index in [0.29, 0.717) is 25.9 Å². The molecule has 0 heterocycles. The maximum Gasteiger partial charge on any atom is 0.239 e. The molecule has 0 radical (unpaired) electrons. The van der Waals surface area contributed by atoms with Gasteiger partial charge in [-0.15, -0.1) is 0 Å². The fourth-order valence-corrected chi connectivity index (χ4v) is 2.14. The first kappa shape index (κ1) is 20.3.